The molecule has 6 heterocycles. The van der Waals surface area contributed by atoms with Gasteiger partial charge in [-0.05, 0) is 139 Å². The molecular weight excluding hydrogens is 621 g/mol. The van der Waals surface area contributed by atoms with Gasteiger partial charge in [-0.15, -0.1) is 0 Å². The molecule has 6 aliphatic heterocycles. The molecule has 0 aromatic rings. The summed E-state index contributed by atoms with van der Waals surface area (Å²) in [5, 5.41) is 0. The molecule has 306 valence electrons. The first-order valence-electron chi connectivity index (χ1n) is 19.6. The van der Waals surface area contributed by atoms with Crippen LogP contribution in [0.15, 0.2) is 0 Å². The average Bonchev–Trinajstić information content (AvgIpc) is 3.06. The number of likely N-dealkylation sites (tertiary alicyclic amines) is 3. The summed E-state index contributed by atoms with van der Waals surface area (Å²) in [5.74, 6) is 1.92. The summed E-state index contributed by atoms with van der Waals surface area (Å²) in [6.45, 7) is 29.9. The van der Waals surface area contributed by atoms with E-state index in [1.807, 2.05) is 0 Å². The predicted octanol–water partition coefficient (Wildman–Crippen LogP) is 5.77. The first-order valence-corrected chi connectivity index (χ1v) is 19.6. The van der Waals surface area contributed by atoms with Crippen molar-refractivity contribution in [2.75, 3.05) is 174 Å². The van der Waals surface area contributed by atoms with Gasteiger partial charge >= 0.3 is 0 Å². The Morgan fingerprint density at radius 3 is 1.08 bits per heavy atom. The zero-order chi connectivity index (χ0) is 34.9. The summed E-state index contributed by atoms with van der Waals surface area (Å²) < 4.78 is 5.10. The van der Waals surface area contributed by atoms with Crippen LogP contribution in [0.1, 0.15) is 88.0 Å². The number of rotatable bonds is 1. The molecule has 0 bridgehead atoms. The fraction of sp³-hybridized carbons (Fsp3) is 1.00. The van der Waals surface area contributed by atoms with Gasteiger partial charge in [0.15, 0.2) is 0 Å². The Labute approximate surface area is 317 Å². The second-order valence-electron chi connectivity index (χ2n) is 15.6. The predicted molar refractivity (Wildman–Crippen MR) is 226 cm³/mol. The molecule has 0 aromatic carbocycles. The van der Waals surface area contributed by atoms with Crippen LogP contribution in [0, 0.1) is 11.8 Å². The molecule has 1 atom stereocenters. The third kappa shape index (κ3) is 31.2. The fourth-order valence-corrected chi connectivity index (χ4v) is 6.34. The SMILES string of the molecule is C.C.C.CC1CCCN(C)C1.CC1CCN(C)CC1.CCN1CCN(C)CC1.CN1CCCCC1.CN1CCN(C)CC1.CN1CCOCC1. The highest BCUT2D eigenvalue weighted by Gasteiger charge is 2.12. The summed E-state index contributed by atoms with van der Waals surface area (Å²) in [6, 6.07) is 0. The molecule has 0 aromatic heterocycles. The summed E-state index contributed by atoms with van der Waals surface area (Å²) in [5.41, 5.74) is 0. The Kier molecular flexibility index (Phi) is 37.2. The number of morpholine rings is 1. The summed E-state index contributed by atoms with van der Waals surface area (Å²) in [4.78, 5) is 19.1. The lowest BCUT2D eigenvalue weighted by atomic mass is 10.00. The number of hydrogen-bond acceptors (Lipinski definition) is 9. The normalized spacial score (nSPS) is 25.2. The van der Waals surface area contributed by atoms with Crippen molar-refractivity contribution >= 4 is 0 Å². The maximum absolute atomic E-state index is 5.10. The highest BCUT2D eigenvalue weighted by Crippen LogP contribution is 2.14. The standard InChI is InChI=1S/C7H16N2.2C7H15N.C6H14N2.C6H13N.C5H11NO.3CH4/c1-3-9-6-4-8(2)5-7-9;1-7-3-5-8(2)6-4-7;1-7-4-3-5-8(2)6-7;1-7-3-5-8(2)6-4-7;1-7-5-3-2-4-6-7;1-6-2-4-7-5-3-6;;;/h3-7H2,1-2H3;2*7H,3-6H2,1-2H3;3-6H2,1-2H3;2-6H2,1H3;2-5H2,1H3;3*1H4. The second-order valence-corrected chi connectivity index (χ2v) is 15.6. The van der Waals surface area contributed by atoms with E-state index < -0.39 is 0 Å². The summed E-state index contributed by atoms with van der Waals surface area (Å²) in [7, 11) is 15.2. The maximum Gasteiger partial charge on any atom is 0.0594 e. The van der Waals surface area contributed by atoms with Gasteiger partial charge < -0.3 is 43.9 Å². The smallest absolute Gasteiger partial charge is 0.0594 e. The van der Waals surface area contributed by atoms with E-state index >= 15 is 0 Å². The van der Waals surface area contributed by atoms with Crippen LogP contribution in [-0.4, -0.2) is 213 Å². The van der Waals surface area contributed by atoms with Gasteiger partial charge in [-0.25, -0.2) is 0 Å². The number of hydrogen-bond donors (Lipinski definition) is 0. The van der Waals surface area contributed by atoms with E-state index in [1.54, 1.807) is 0 Å². The van der Waals surface area contributed by atoms with E-state index in [4.69, 9.17) is 4.74 Å². The number of nitrogens with zero attached hydrogens (tertiary/aromatic N) is 8. The van der Waals surface area contributed by atoms with Crippen LogP contribution in [0.2, 0.25) is 0 Å². The van der Waals surface area contributed by atoms with Gasteiger partial charge in [0.25, 0.3) is 0 Å². The molecule has 0 amide bonds. The molecule has 0 saturated carbocycles. The zero-order valence-electron chi connectivity index (χ0n) is 33.5. The number of piperidine rings is 3. The number of ether oxygens (including phenoxy) is 1. The minimum atomic E-state index is 0. The largest absolute Gasteiger partial charge is 0.379 e. The van der Waals surface area contributed by atoms with Crippen molar-refractivity contribution in [3.8, 4) is 0 Å². The van der Waals surface area contributed by atoms with Gasteiger partial charge in [0.2, 0.25) is 0 Å². The molecule has 9 heteroatoms. The number of likely N-dealkylation sites (N-methyl/N-ethyl adjacent to an activating group) is 5. The van der Waals surface area contributed by atoms with Gasteiger partial charge in [0, 0.05) is 72.0 Å². The van der Waals surface area contributed by atoms with Crippen molar-refractivity contribution in [3.63, 3.8) is 0 Å². The van der Waals surface area contributed by atoms with Crippen LogP contribution in [0.5, 0.6) is 0 Å². The summed E-state index contributed by atoms with van der Waals surface area (Å²) in [6.07, 6.45) is 9.91. The van der Waals surface area contributed by atoms with Crippen molar-refractivity contribution in [3.05, 3.63) is 0 Å². The molecular formula is C41H96N8O. The monoisotopic (exact) mass is 717 g/mol. The lowest BCUT2D eigenvalue weighted by molar-refractivity contribution is 0.0503. The quantitative estimate of drug-likeness (QED) is 0.336. The van der Waals surface area contributed by atoms with Gasteiger partial charge in [-0.2, -0.15) is 0 Å². The first kappa shape index (κ1) is 54.0. The van der Waals surface area contributed by atoms with Crippen molar-refractivity contribution in [1.29, 1.82) is 0 Å². The molecule has 0 N–H and O–H groups in total. The van der Waals surface area contributed by atoms with E-state index in [2.05, 4.69) is 109 Å². The molecule has 0 spiro atoms. The molecule has 50 heavy (non-hydrogen) atoms. The van der Waals surface area contributed by atoms with Crippen molar-refractivity contribution in [2.24, 2.45) is 11.8 Å². The van der Waals surface area contributed by atoms with Crippen LogP contribution in [0.25, 0.3) is 0 Å². The highest BCUT2D eigenvalue weighted by atomic mass is 16.5. The Morgan fingerprint density at radius 2 is 0.780 bits per heavy atom. The topological polar surface area (TPSA) is 35.2 Å². The molecule has 6 rings (SSSR count). The third-order valence-corrected chi connectivity index (χ3v) is 10.5. The van der Waals surface area contributed by atoms with Crippen LogP contribution in [0.4, 0.5) is 0 Å². The van der Waals surface area contributed by atoms with Gasteiger partial charge in [-0.3, -0.25) is 0 Å². The highest BCUT2D eigenvalue weighted by molar-refractivity contribution is 4.68. The van der Waals surface area contributed by atoms with E-state index in [9.17, 15) is 0 Å². The van der Waals surface area contributed by atoms with Gasteiger partial charge in [0.1, 0.15) is 0 Å². The number of piperazine rings is 2. The first-order chi connectivity index (χ1) is 22.5. The van der Waals surface area contributed by atoms with E-state index in [1.165, 1.54) is 143 Å². The Balaban J connectivity index is -0.000000525. The molecule has 6 saturated heterocycles. The van der Waals surface area contributed by atoms with Crippen LogP contribution in [-0.2, 0) is 4.74 Å². The van der Waals surface area contributed by atoms with Gasteiger partial charge in [-0.1, -0.05) is 49.5 Å². The minimum absolute atomic E-state index is 0. The van der Waals surface area contributed by atoms with Crippen molar-refractivity contribution in [1.82, 2.24) is 39.2 Å². The lowest BCUT2D eigenvalue weighted by Crippen LogP contribution is -2.44. The molecule has 0 radical (unpaired) electrons. The van der Waals surface area contributed by atoms with Crippen molar-refractivity contribution < 1.29 is 4.74 Å². The lowest BCUT2D eigenvalue weighted by Gasteiger charge is -2.31. The maximum atomic E-state index is 5.10. The molecule has 9 nitrogen and oxygen atoms in total. The van der Waals surface area contributed by atoms with Crippen LogP contribution in [0.3, 0.4) is 0 Å². The van der Waals surface area contributed by atoms with Crippen LogP contribution >= 0.6 is 0 Å². The third-order valence-electron chi connectivity index (χ3n) is 10.5. The molecule has 0 aliphatic carbocycles. The van der Waals surface area contributed by atoms with Crippen molar-refractivity contribution in [2.45, 2.75) is 88.0 Å². The second kappa shape index (κ2) is 34.4. The van der Waals surface area contributed by atoms with E-state index in [0.29, 0.717) is 0 Å². The fourth-order valence-electron chi connectivity index (χ4n) is 6.34. The van der Waals surface area contributed by atoms with E-state index in [-0.39, 0.29) is 22.3 Å². The van der Waals surface area contributed by atoms with E-state index in [0.717, 1.165) is 38.1 Å². The van der Waals surface area contributed by atoms with Crippen LogP contribution < -0.4 is 0 Å². The minimum Gasteiger partial charge on any atom is -0.379 e. The Bertz CT molecular complexity index is 603. The van der Waals surface area contributed by atoms with Gasteiger partial charge in [0.05, 0.1) is 13.2 Å². The Hall–Kier alpha value is -0.360. The molecule has 6 fully saturated rings. The summed E-state index contributed by atoms with van der Waals surface area (Å²) >= 11 is 0. The molecule has 1 unspecified atom stereocenters. The molecule has 6 aliphatic rings. The zero-order valence-corrected chi connectivity index (χ0v) is 33.5. The average molecular weight is 717 g/mol. The Morgan fingerprint density at radius 1 is 0.400 bits per heavy atom.